The van der Waals surface area contributed by atoms with Crippen LogP contribution >= 0.6 is 0 Å². The Morgan fingerprint density at radius 1 is 0.828 bits per heavy atom. The third-order valence-electron chi connectivity index (χ3n) is 4.99. The molecule has 0 saturated carbocycles. The number of alkyl halides is 3. The van der Waals surface area contributed by atoms with Crippen molar-refractivity contribution in [3.8, 4) is 0 Å². The second-order valence-electron chi connectivity index (χ2n) is 7.57. The number of halogens is 4. The van der Waals surface area contributed by atoms with Crippen molar-refractivity contribution in [3.63, 3.8) is 0 Å². The maximum atomic E-state index is 13.6. The van der Waals surface area contributed by atoms with E-state index in [0.717, 1.165) is 19.3 Å². The second-order valence-corrected chi connectivity index (χ2v) is 7.57. The van der Waals surface area contributed by atoms with Crippen molar-refractivity contribution in [2.45, 2.75) is 96.6 Å². The molecule has 0 atom stereocenters. The molecule has 1 rings (SSSR count). The number of carbonyl (C=O) groups is 1. The van der Waals surface area contributed by atoms with Crippen LogP contribution in [-0.4, -0.2) is 12.6 Å². The summed E-state index contributed by atoms with van der Waals surface area (Å²) >= 11 is 0. The first-order chi connectivity index (χ1) is 13.9. The van der Waals surface area contributed by atoms with Crippen LogP contribution in [0.2, 0.25) is 0 Å². The first-order valence-electron chi connectivity index (χ1n) is 10.9. The molecule has 0 aliphatic heterocycles. The molecule has 0 heterocycles. The Bertz CT molecular complexity index is 585. The number of unbranched alkanes of at least 4 members (excludes halogenated alkanes) is 12. The monoisotopic (exact) mass is 418 g/mol. The number of hydrogen-bond acceptors (Lipinski definition) is 2. The molecular formula is C23H34F4O2. The van der Waals surface area contributed by atoms with Gasteiger partial charge in [0.2, 0.25) is 0 Å². The van der Waals surface area contributed by atoms with E-state index in [9.17, 15) is 22.4 Å². The summed E-state index contributed by atoms with van der Waals surface area (Å²) in [7, 11) is 0. The minimum absolute atomic E-state index is 0.0896. The van der Waals surface area contributed by atoms with Crippen LogP contribution in [0.1, 0.15) is 106 Å². The molecule has 0 aliphatic rings. The Balaban J connectivity index is 2.07. The summed E-state index contributed by atoms with van der Waals surface area (Å²) in [4.78, 5) is 11.8. The predicted molar refractivity (Wildman–Crippen MR) is 107 cm³/mol. The summed E-state index contributed by atoms with van der Waals surface area (Å²) in [6, 6.07) is 1.75. The van der Waals surface area contributed by atoms with E-state index in [1.165, 1.54) is 57.8 Å². The Morgan fingerprint density at radius 2 is 1.31 bits per heavy atom. The zero-order valence-corrected chi connectivity index (χ0v) is 17.5. The molecule has 166 valence electrons. The van der Waals surface area contributed by atoms with E-state index in [0.29, 0.717) is 24.6 Å². The summed E-state index contributed by atoms with van der Waals surface area (Å²) in [6.07, 6.45) is 10.7. The lowest BCUT2D eigenvalue weighted by Crippen LogP contribution is -2.12. The molecule has 0 aliphatic carbocycles. The van der Waals surface area contributed by atoms with Crippen molar-refractivity contribution in [1.82, 2.24) is 0 Å². The topological polar surface area (TPSA) is 26.3 Å². The molecule has 0 N–H and O–H groups in total. The summed E-state index contributed by atoms with van der Waals surface area (Å²) in [5.41, 5.74) is -1.73. The van der Waals surface area contributed by atoms with Crippen LogP contribution in [0.3, 0.4) is 0 Å². The van der Waals surface area contributed by atoms with E-state index in [1.807, 2.05) is 0 Å². The number of esters is 1. The molecule has 0 fully saturated rings. The van der Waals surface area contributed by atoms with E-state index >= 15 is 0 Å². The van der Waals surface area contributed by atoms with Gasteiger partial charge in [0.25, 0.3) is 0 Å². The Hall–Kier alpha value is -1.59. The van der Waals surface area contributed by atoms with Gasteiger partial charge in [-0.3, -0.25) is 0 Å². The molecule has 0 aromatic heterocycles. The summed E-state index contributed by atoms with van der Waals surface area (Å²) in [6.45, 7) is 2.31. The van der Waals surface area contributed by atoms with Crippen molar-refractivity contribution in [2.75, 3.05) is 6.61 Å². The highest BCUT2D eigenvalue weighted by atomic mass is 19.4. The van der Waals surface area contributed by atoms with Crippen molar-refractivity contribution < 1.29 is 27.1 Å². The first-order valence-corrected chi connectivity index (χ1v) is 10.9. The minimum Gasteiger partial charge on any atom is -0.462 e. The molecule has 1 aromatic carbocycles. The zero-order valence-electron chi connectivity index (χ0n) is 17.5. The highest BCUT2D eigenvalue weighted by Gasteiger charge is 2.32. The molecule has 6 heteroatoms. The molecule has 0 saturated heterocycles. The van der Waals surface area contributed by atoms with Crippen molar-refractivity contribution >= 4 is 5.97 Å². The maximum absolute atomic E-state index is 13.6. The van der Waals surface area contributed by atoms with Crippen LogP contribution in [0.5, 0.6) is 0 Å². The summed E-state index contributed by atoms with van der Waals surface area (Å²) in [5.74, 6) is -2.05. The van der Waals surface area contributed by atoms with E-state index in [4.69, 9.17) is 4.74 Å². The lowest BCUT2D eigenvalue weighted by atomic mass is 10.0. The van der Waals surface area contributed by atoms with E-state index in [2.05, 4.69) is 6.92 Å². The van der Waals surface area contributed by atoms with Gasteiger partial charge in [-0.25, -0.2) is 9.18 Å². The van der Waals surface area contributed by atoms with Crippen LogP contribution < -0.4 is 0 Å². The van der Waals surface area contributed by atoms with Crippen molar-refractivity contribution in [3.05, 3.63) is 35.1 Å². The quantitative estimate of drug-likeness (QED) is 0.163. The number of hydrogen-bond donors (Lipinski definition) is 0. The van der Waals surface area contributed by atoms with Crippen LogP contribution in [0.4, 0.5) is 17.6 Å². The smallest absolute Gasteiger partial charge is 0.416 e. The number of benzene rings is 1. The van der Waals surface area contributed by atoms with Crippen LogP contribution in [0.25, 0.3) is 0 Å². The van der Waals surface area contributed by atoms with Crippen LogP contribution in [0.15, 0.2) is 18.2 Å². The van der Waals surface area contributed by atoms with Gasteiger partial charge in [-0.2, -0.15) is 13.2 Å². The SMILES string of the molecule is CCCCCCCCCCCCCCCOC(=O)c1cc(C(F)(F)F)ccc1F. The largest absolute Gasteiger partial charge is 0.462 e. The van der Waals surface area contributed by atoms with E-state index in [-0.39, 0.29) is 6.61 Å². The highest BCUT2D eigenvalue weighted by molar-refractivity contribution is 5.89. The van der Waals surface area contributed by atoms with Gasteiger partial charge in [0, 0.05) is 0 Å². The van der Waals surface area contributed by atoms with Gasteiger partial charge in [0.05, 0.1) is 17.7 Å². The second kappa shape index (κ2) is 14.4. The van der Waals surface area contributed by atoms with Gasteiger partial charge in [0.15, 0.2) is 0 Å². The Labute approximate surface area is 172 Å². The van der Waals surface area contributed by atoms with Gasteiger partial charge in [-0.1, -0.05) is 84.0 Å². The molecular weight excluding hydrogens is 384 g/mol. The van der Waals surface area contributed by atoms with E-state index in [1.54, 1.807) is 0 Å². The molecule has 29 heavy (non-hydrogen) atoms. The number of carbonyl (C=O) groups excluding carboxylic acids is 1. The average Bonchev–Trinajstić information content (AvgIpc) is 2.67. The Kier molecular flexibility index (Phi) is 12.6. The highest BCUT2D eigenvalue weighted by Crippen LogP contribution is 2.30. The first kappa shape index (κ1) is 25.4. The molecule has 0 bridgehead atoms. The number of ether oxygens (including phenoxy) is 1. The molecule has 0 amide bonds. The predicted octanol–water partition coefficient (Wildman–Crippen LogP) is 8.09. The number of rotatable bonds is 15. The van der Waals surface area contributed by atoms with Gasteiger partial charge in [-0.05, 0) is 24.6 Å². The molecule has 0 spiro atoms. The molecule has 1 aromatic rings. The van der Waals surface area contributed by atoms with E-state index < -0.39 is 29.1 Å². The fraction of sp³-hybridized carbons (Fsp3) is 0.696. The zero-order chi connectivity index (χ0) is 21.5. The third kappa shape index (κ3) is 11.2. The van der Waals surface area contributed by atoms with Crippen LogP contribution in [0, 0.1) is 5.82 Å². The lowest BCUT2D eigenvalue weighted by Gasteiger charge is -2.10. The standard InChI is InChI=1S/C23H34F4O2/c1-2-3-4-5-6-7-8-9-10-11-12-13-14-17-29-22(28)20-18-19(23(25,26)27)15-16-21(20)24/h15-16,18H,2-14,17H2,1H3. The average molecular weight is 419 g/mol. The fourth-order valence-electron chi connectivity index (χ4n) is 3.22. The normalized spacial score (nSPS) is 11.6. The summed E-state index contributed by atoms with van der Waals surface area (Å²) < 4.78 is 56.6. The molecule has 2 nitrogen and oxygen atoms in total. The maximum Gasteiger partial charge on any atom is 0.416 e. The van der Waals surface area contributed by atoms with Gasteiger partial charge >= 0.3 is 12.1 Å². The van der Waals surface area contributed by atoms with Gasteiger partial charge in [-0.15, -0.1) is 0 Å². The fourth-order valence-corrected chi connectivity index (χ4v) is 3.22. The molecule has 0 radical (unpaired) electrons. The Morgan fingerprint density at radius 3 is 1.79 bits per heavy atom. The summed E-state index contributed by atoms with van der Waals surface area (Å²) in [5, 5.41) is 0. The minimum atomic E-state index is -4.63. The lowest BCUT2D eigenvalue weighted by molar-refractivity contribution is -0.137. The van der Waals surface area contributed by atoms with Crippen molar-refractivity contribution in [1.29, 1.82) is 0 Å². The van der Waals surface area contributed by atoms with Crippen LogP contribution in [-0.2, 0) is 10.9 Å². The van der Waals surface area contributed by atoms with Gasteiger partial charge < -0.3 is 4.74 Å². The van der Waals surface area contributed by atoms with Gasteiger partial charge in [0.1, 0.15) is 5.82 Å². The molecule has 0 unspecified atom stereocenters. The van der Waals surface area contributed by atoms with Crippen molar-refractivity contribution in [2.24, 2.45) is 0 Å². The third-order valence-corrected chi connectivity index (χ3v) is 4.99.